The first kappa shape index (κ1) is 15.8. The first-order valence-corrected chi connectivity index (χ1v) is 9.83. The highest BCUT2D eigenvalue weighted by atomic mass is 32.2. The van der Waals surface area contributed by atoms with Crippen molar-refractivity contribution < 1.29 is 4.52 Å². The van der Waals surface area contributed by atoms with Crippen molar-refractivity contribution in [3.8, 4) is 10.7 Å². The number of thiophene rings is 1. The summed E-state index contributed by atoms with van der Waals surface area (Å²) in [4.78, 5) is 5.65. The van der Waals surface area contributed by atoms with Gasteiger partial charge in [0.1, 0.15) is 0 Å². The van der Waals surface area contributed by atoms with E-state index in [2.05, 4.69) is 57.1 Å². The van der Waals surface area contributed by atoms with Gasteiger partial charge >= 0.3 is 0 Å². The molecule has 3 aromatic rings. The molecule has 1 aliphatic rings. The van der Waals surface area contributed by atoms with Crippen LogP contribution in [0.2, 0.25) is 0 Å². The van der Waals surface area contributed by atoms with E-state index in [0.717, 1.165) is 21.7 Å². The number of hydrogen-bond acceptors (Lipinski definition) is 7. The summed E-state index contributed by atoms with van der Waals surface area (Å²) < 4.78 is 7.63. The minimum atomic E-state index is -0.104. The molecule has 126 valence electrons. The quantitative estimate of drug-likeness (QED) is 0.631. The van der Waals surface area contributed by atoms with Gasteiger partial charge in [0.05, 0.1) is 10.6 Å². The van der Waals surface area contributed by atoms with Crippen LogP contribution in [0.25, 0.3) is 10.7 Å². The molecule has 0 saturated heterocycles. The summed E-state index contributed by atoms with van der Waals surface area (Å²) in [6.07, 6.45) is 2.39. The molecule has 0 aliphatic heterocycles. The van der Waals surface area contributed by atoms with Crippen molar-refractivity contribution in [1.29, 1.82) is 0 Å². The number of nitrogens with zero attached hydrogens (tertiary/aromatic N) is 5. The van der Waals surface area contributed by atoms with Crippen LogP contribution in [0, 0.1) is 0 Å². The third-order valence-electron chi connectivity index (χ3n) is 3.78. The van der Waals surface area contributed by atoms with Crippen LogP contribution in [0.5, 0.6) is 0 Å². The molecule has 3 heterocycles. The van der Waals surface area contributed by atoms with Gasteiger partial charge in [-0.3, -0.25) is 4.57 Å². The molecule has 0 amide bonds. The van der Waals surface area contributed by atoms with E-state index in [1.807, 2.05) is 6.07 Å². The van der Waals surface area contributed by atoms with Gasteiger partial charge in [-0.15, -0.1) is 21.5 Å². The van der Waals surface area contributed by atoms with Gasteiger partial charge in [-0.25, -0.2) is 0 Å². The molecule has 1 fully saturated rings. The maximum absolute atomic E-state index is 5.37. The van der Waals surface area contributed by atoms with Gasteiger partial charge in [-0.2, -0.15) is 4.98 Å². The highest BCUT2D eigenvalue weighted by molar-refractivity contribution is 7.98. The lowest BCUT2D eigenvalue weighted by atomic mass is 9.96. The molecule has 0 radical (unpaired) electrons. The maximum Gasteiger partial charge on any atom is 0.237 e. The predicted octanol–water partition coefficient (Wildman–Crippen LogP) is 4.31. The van der Waals surface area contributed by atoms with Crippen LogP contribution >= 0.6 is 23.1 Å². The van der Waals surface area contributed by atoms with Gasteiger partial charge in [0, 0.05) is 11.5 Å². The normalized spacial score (nSPS) is 15.1. The highest BCUT2D eigenvalue weighted by Gasteiger charge is 2.30. The van der Waals surface area contributed by atoms with Gasteiger partial charge in [-0.1, -0.05) is 43.8 Å². The van der Waals surface area contributed by atoms with E-state index in [9.17, 15) is 0 Å². The van der Waals surface area contributed by atoms with E-state index in [1.54, 1.807) is 23.1 Å². The highest BCUT2D eigenvalue weighted by Crippen LogP contribution is 2.42. The first-order valence-electron chi connectivity index (χ1n) is 7.97. The van der Waals surface area contributed by atoms with Crippen LogP contribution in [0.4, 0.5) is 0 Å². The fourth-order valence-corrected chi connectivity index (χ4v) is 3.90. The number of thioether (sulfide) groups is 1. The minimum absolute atomic E-state index is 0.104. The molecular formula is C16H19N5OS2. The summed E-state index contributed by atoms with van der Waals surface area (Å²) in [5.41, 5.74) is -0.104. The lowest BCUT2D eigenvalue weighted by molar-refractivity contribution is 0.372. The smallest absolute Gasteiger partial charge is 0.237 e. The fourth-order valence-electron chi connectivity index (χ4n) is 2.36. The van der Waals surface area contributed by atoms with E-state index < -0.39 is 0 Å². The second-order valence-electron chi connectivity index (χ2n) is 6.94. The molecule has 0 aromatic carbocycles. The third kappa shape index (κ3) is 3.12. The van der Waals surface area contributed by atoms with E-state index in [1.165, 1.54) is 12.8 Å². The molecule has 8 heteroatoms. The van der Waals surface area contributed by atoms with Crippen molar-refractivity contribution >= 4 is 23.1 Å². The van der Waals surface area contributed by atoms with Crippen LogP contribution in [-0.2, 0) is 11.2 Å². The fraction of sp³-hybridized carbons (Fsp3) is 0.500. The Labute approximate surface area is 148 Å². The zero-order chi connectivity index (χ0) is 16.7. The second-order valence-corrected chi connectivity index (χ2v) is 8.83. The zero-order valence-corrected chi connectivity index (χ0v) is 15.5. The molecule has 0 atom stereocenters. The Kier molecular flexibility index (Phi) is 3.96. The van der Waals surface area contributed by atoms with Crippen molar-refractivity contribution in [2.45, 2.75) is 56.0 Å². The lowest BCUT2D eigenvalue weighted by Gasteiger charge is -2.10. The Morgan fingerprint density at radius 1 is 1.33 bits per heavy atom. The van der Waals surface area contributed by atoms with E-state index >= 15 is 0 Å². The van der Waals surface area contributed by atoms with Gasteiger partial charge in [0.15, 0.2) is 16.8 Å². The van der Waals surface area contributed by atoms with Crippen LogP contribution in [0.1, 0.15) is 51.4 Å². The van der Waals surface area contributed by atoms with E-state index in [4.69, 9.17) is 4.52 Å². The monoisotopic (exact) mass is 361 g/mol. The Morgan fingerprint density at radius 3 is 2.79 bits per heavy atom. The van der Waals surface area contributed by atoms with Crippen LogP contribution in [0.3, 0.4) is 0 Å². The number of rotatable bonds is 5. The standard InChI is InChI=1S/C16H19N5OS2/c1-16(2,3)14-17-12(22-20-14)9-24-15-19-18-13(11-5-4-8-23-11)21(15)10-6-7-10/h4-5,8,10H,6-7,9H2,1-3H3. The summed E-state index contributed by atoms with van der Waals surface area (Å²) in [6, 6.07) is 4.66. The zero-order valence-electron chi connectivity index (χ0n) is 13.9. The topological polar surface area (TPSA) is 69.6 Å². The van der Waals surface area contributed by atoms with Crippen molar-refractivity contribution in [1.82, 2.24) is 24.9 Å². The molecule has 0 bridgehead atoms. The Morgan fingerprint density at radius 2 is 2.17 bits per heavy atom. The number of aromatic nitrogens is 5. The SMILES string of the molecule is CC(C)(C)c1noc(CSc2nnc(-c3cccs3)n2C2CC2)n1. The molecule has 0 spiro atoms. The minimum Gasteiger partial charge on any atom is -0.338 e. The van der Waals surface area contributed by atoms with Crippen molar-refractivity contribution in [2.75, 3.05) is 0 Å². The third-order valence-corrected chi connectivity index (χ3v) is 5.58. The molecule has 4 rings (SSSR count). The van der Waals surface area contributed by atoms with Crippen LogP contribution < -0.4 is 0 Å². The Balaban J connectivity index is 1.54. The van der Waals surface area contributed by atoms with Crippen LogP contribution in [0.15, 0.2) is 27.2 Å². The molecular weight excluding hydrogens is 342 g/mol. The summed E-state index contributed by atoms with van der Waals surface area (Å²) in [7, 11) is 0. The predicted molar refractivity (Wildman–Crippen MR) is 94.2 cm³/mol. The van der Waals surface area contributed by atoms with Crippen molar-refractivity contribution in [3.05, 3.63) is 29.2 Å². The van der Waals surface area contributed by atoms with Crippen molar-refractivity contribution in [2.24, 2.45) is 0 Å². The van der Waals surface area contributed by atoms with Gasteiger partial charge in [0.2, 0.25) is 5.89 Å². The Hall–Kier alpha value is -1.67. The summed E-state index contributed by atoms with van der Waals surface area (Å²) >= 11 is 3.30. The molecule has 24 heavy (non-hydrogen) atoms. The molecule has 6 nitrogen and oxygen atoms in total. The average molecular weight is 361 g/mol. The number of hydrogen-bond donors (Lipinski definition) is 0. The van der Waals surface area contributed by atoms with E-state index in [0.29, 0.717) is 17.7 Å². The van der Waals surface area contributed by atoms with Crippen molar-refractivity contribution in [3.63, 3.8) is 0 Å². The van der Waals surface area contributed by atoms with Gasteiger partial charge in [-0.05, 0) is 24.3 Å². The molecule has 0 unspecified atom stereocenters. The van der Waals surface area contributed by atoms with Gasteiger partial charge < -0.3 is 4.52 Å². The lowest BCUT2D eigenvalue weighted by Crippen LogP contribution is -2.13. The molecule has 1 aliphatic carbocycles. The average Bonchev–Trinajstić information content (AvgIpc) is 3.00. The van der Waals surface area contributed by atoms with E-state index in [-0.39, 0.29) is 5.41 Å². The van der Waals surface area contributed by atoms with Gasteiger partial charge in [0.25, 0.3) is 0 Å². The molecule has 1 saturated carbocycles. The summed E-state index contributed by atoms with van der Waals surface area (Å²) in [5, 5.41) is 15.9. The molecule has 0 N–H and O–H groups in total. The Bertz CT molecular complexity index is 827. The summed E-state index contributed by atoms with van der Waals surface area (Å²) in [5.74, 6) is 2.95. The summed E-state index contributed by atoms with van der Waals surface area (Å²) in [6.45, 7) is 6.23. The molecule has 3 aromatic heterocycles. The maximum atomic E-state index is 5.37. The first-order chi connectivity index (χ1) is 11.5. The second kappa shape index (κ2) is 6.00. The van der Waals surface area contributed by atoms with Crippen LogP contribution in [-0.4, -0.2) is 24.9 Å². The largest absolute Gasteiger partial charge is 0.338 e.